The number of aryl methyl sites for hydroxylation is 2. The molecule has 2 heterocycles. The summed E-state index contributed by atoms with van der Waals surface area (Å²) in [5.74, 6) is 0.752. The van der Waals surface area contributed by atoms with Gasteiger partial charge in [-0.15, -0.1) is 0 Å². The molecule has 0 aromatic carbocycles. The van der Waals surface area contributed by atoms with Gasteiger partial charge >= 0.3 is 0 Å². The van der Waals surface area contributed by atoms with Crippen LogP contribution in [0.5, 0.6) is 11.8 Å². The lowest BCUT2D eigenvalue weighted by Gasteiger charge is -2.14. The molecule has 108 valence electrons. The Morgan fingerprint density at radius 2 is 2.10 bits per heavy atom. The van der Waals surface area contributed by atoms with E-state index < -0.39 is 6.04 Å². The van der Waals surface area contributed by atoms with Crippen LogP contribution in [0.4, 0.5) is 0 Å². The van der Waals surface area contributed by atoms with Gasteiger partial charge in [0.2, 0.25) is 11.8 Å². The molecule has 7 nitrogen and oxygen atoms in total. The van der Waals surface area contributed by atoms with Crippen molar-refractivity contribution in [3.05, 3.63) is 29.3 Å². The zero-order valence-corrected chi connectivity index (χ0v) is 12.1. The van der Waals surface area contributed by atoms with Crippen molar-refractivity contribution >= 4 is 0 Å². The number of hydrogen-bond donors (Lipinski definition) is 1. The van der Waals surface area contributed by atoms with Crippen molar-refractivity contribution < 1.29 is 9.47 Å². The van der Waals surface area contributed by atoms with Gasteiger partial charge in [-0.05, 0) is 6.42 Å². The van der Waals surface area contributed by atoms with Crippen LogP contribution in [0.25, 0.3) is 0 Å². The zero-order chi connectivity index (χ0) is 14.7. The summed E-state index contributed by atoms with van der Waals surface area (Å²) in [6.45, 7) is 2.04. The normalized spacial score (nSPS) is 12.2. The molecule has 2 aromatic heterocycles. The summed E-state index contributed by atoms with van der Waals surface area (Å²) in [4.78, 5) is 8.51. The average molecular weight is 277 g/mol. The predicted octanol–water partition coefficient (Wildman–Crippen LogP) is 0.838. The van der Waals surface area contributed by atoms with Crippen molar-refractivity contribution in [3.8, 4) is 11.8 Å². The summed E-state index contributed by atoms with van der Waals surface area (Å²) in [6, 6.07) is -0.438. The van der Waals surface area contributed by atoms with Crippen LogP contribution in [0.15, 0.2) is 12.4 Å². The zero-order valence-electron chi connectivity index (χ0n) is 12.1. The Hall–Kier alpha value is -2.15. The van der Waals surface area contributed by atoms with Crippen molar-refractivity contribution in [1.29, 1.82) is 0 Å². The highest BCUT2D eigenvalue weighted by Gasteiger charge is 2.22. The number of ether oxygens (including phenoxy) is 2. The molecule has 2 aromatic rings. The third-order valence-corrected chi connectivity index (χ3v) is 3.05. The summed E-state index contributed by atoms with van der Waals surface area (Å²) in [5.41, 5.74) is 8.73. The maximum absolute atomic E-state index is 6.30. The van der Waals surface area contributed by atoms with Gasteiger partial charge in [-0.3, -0.25) is 4.68 Å². The number of aromatic nitrogens is 4. The van der Waals surface area contributed by atoms with Gasteiger partial charge in [0.15, 0.2) is 0 Å². The molecule has 20 heavy (non-hydrogen) atoms. The lowest BCUT2D eigenvalue weighted by atomic mass is 10.0. The molecule has 0 saturated carbocycles. The van der Waals surface area contributed by atoms with Gasteiger partial charge in [-0.1, -0.05) is 6.92 Å². The Balaban J connectivity index is 2.44. The number of hydrogen-bond acceptors (Lipinski definition) is 6. The Kier molecular flexibility index (Phi) is 4.19. The first-order valence-electron chi connectivity index (χ1n) is 6.33. The highest BCUT2D eigenvalue weighted by Crippen LogP contribution is 2.28. The van der Waals surface area contributed by atoms with Gasteiger partial charge in [-0.2, -0.15) is 10.1 Å². The maximum Gasteiger partial charge on any atom is 0.240 e. The molecule has 0 aliphatic rings. The largest absolute Gasteiger partial charge is 0.480 e. The van der Waals surface area contributed by atoms with Crippen molar-refractivity contribution in [3.63, 3.8) is 0 Å². The van der Waals surface area contributed by atoms with E-state index in [9.17, 15) is 0 Å². The fourth-order valence-electron chi connectivity index (χ4n) is 2.06. The quantitative estimate of drug-likeness (QED) is 0.871. The lowest BCUT2D eigenvalue weighted by molar-refractivity contribution is 0.355. The van der Waals surface area contributed by atoms with Crippen molar-refractivity contribution in [1.82, 2.24) is 19.7 Å². The molecule has 0 radical (unpaired) electrons. The van der Waals surface area contributed by atoms with E-state index in [4.69, 9.17) is 15.2 Å². The number of rotatable bonds is 5. The SMILES string of the molecule is CCc1nn(C)cc1C(N)c1ncc(OC)nc1OC. The van der Waals surface area contributed by atoms with Crippen LogP contribution >= 0.6 is 0 Å². The van der Waals surface area contributed by atoms with Crippen LogP contribution in [0.2, 0.25) is 0 Å². The van der Waals surface area contributed by atoms with E-state index in [0.29, 0.717) is 17.5 Å². The van der Waals surface area contributed by atoms with E-state index in [1.165, 1.54) is 20.4 Å². The molecule has 7 heteroatoms. The highest BCUT2D eigenvalue weighted by molar-refractivity contribution is 5.35. The van der Waals surface area contributed by atoms with Gasteiger partial charge in [0.25, 0.3) is 0 Å². The molecule has 0 aliphatic heterocycles. The molecule has 0 bridgehead atoms. The minimum absolute atomic E-state index is 0.364. The van der Waals surface area contributed by atoms with E-state index in [1.807, 2.05) is 20.2 Å². The average Bonchev–Trinajstić information content (AvgIpc) is 2.86. The number of methoxy groups -OCH3 is 2. The highest BCUT2D eigenvalue weighted by atomic mass is 16.5. The van der Waals surface area contributed by atoms with Gasteiger partial charge < -0.3 is 15.2 Å². The first-order valence-corrected chi connectivity index (χ1v) is 6.33. The molecule has 0 aliphatic carbocycles. The smallest absolute Gasteiger partial charge is 0.240 e. The molecule has 1 atom stereocenters. The summed E-state index contributed by atoms with van der Waals surface area (Å²) < 4.78 is 12.0. The van der Waals surface area contributed by atoms with Crippen molar-refractivity contribution in [2.45, 2.75) is 19.4 Å². The standard InChI is InChI=1S/C13H19N5O2/c1-5-9-8(7-18(2)17-9)11(14)12-13(20-4)16-10(19-3)6-15-12/h6-7,11H,5,14H2,1-4H3. The van der Waals surface area contributed by atoms with E-state index in [2.05, 4.69) is 15.1 Å². The predicted molar refractivity (Wildman–Crippen MR) is 73.8 cm³/mol. The minimum atomic E-state index is -0.438. The molecular formula is C13H19N5O2. The Morgan fingerprint density at radius 1 is 1.35 bits per heavy atom. The Bertz CT molecular complexity index is 596. The molecule has 0 amide bonds. The Labute approximate surface area is 117 Å². The van der Waals surface area contributed by atoms with E-state index in [1.54, 1.807) is 4.68 Å². The second-order valence-electron chi connectivity index (χ2n) is 4.34. The first-order chi connectivity index (χ1) is 9.60. The molecule has 1 unspecified atom stereocenters. The van der Waals surface area contributed by atoms with Gasteiger partial charge in [0.1, 0.15) is 5.69 Å². The van der Waals surface area contributed by atoms with Crippen LogP contribution in [-0.4, -0.2) is 34.0 Å². The maximum atomic E-state index is 6.30. The second-order valence-corrected chi connectivity index (χ2v) is 4.34. The topological polar surface area (TPSA) is 88.1 Å². The van der Waals surface area contributed by atoms with Crippen molar-refractivity contribution in [2.75, 3.05) is 14.2 Å². The number of nitrogens with zero attached hydrogens (tertiary/aromatic N) is 4. The fraction of sp³-hybridized carbons (Fsp3) is 0.462. The van der Waals surface area contributed by atoms with E-state index >= 15 is 0 Å². The molecule has 0 fully saturated rings. The third kappa shape index (κ3) is 2.57. The van der Waals surface area contributed by atoms with Crippen molar-refractivity contribution in [2.24, 2.45) is 12.8 Å². The minimum Gasteiger partial charge on any atom is -0.480 e. The summed E-state index contributed by atoms with van der Waals surface area (Å²) >= 11 is 0. The molecule has 2 rings (SSSR count). The lowest BCUT2D eigenvalue weighted by Crippen LogP contribution is -2.16. The Morgan fingerprint density at radius 3 is 2.70 bits per heavy atom. The molecule has 2 N–H and O–H groups in total. The summed E-state index contributed by atoms with van der Waals surface area (Å²) in [6.07, 6.45) is 4.23. The van der Waals surface area contributed by atoms with E-state index in [-0.39, 0.29) is 0 Å². The second kappa shape index (κ2) is 5.87. The number of nitrogens with two attached hydrogens (primary N) is 1. The van der Waals surface area contributed by atoms with Crippen LogP contribution in [0, 0.1) is 0 Å². The summed E-state index contributed by atoms with van der Waals surface area (Å²) in [5, 5.41) is 4.39. The van der Waals surface area contributed by atoms with Crippen LogP contribution < -0.4 is 15.2 Å². The molecule has 0 saturated heterocycles. The van der Waals surface area contributed by atoms with Gasteiger partial charge in [0, 0.05) is 18.8 Å². The molecular weight excluding hydrogens is 258 g/mol. The molecule has 0 spiro atoms. The first kappa shape index (κ1) is 14.3. The monoisotopic (exact) mass is 277 g/mol. The van der Waals surface area contributed by atoms with Gasteiger partial charge in [0.05, 0.1) is 32.2 Å². The van der Waals surface area contributed by atoms with Crippen LogP contribution in [-0.2, 0) is 13.5 Å². The summed E-state index contributed by atoms with van der Waals surface area (Å²) in [7, 11) is 4.93. The van der Waals surface area contributed by atoms with Crippen LogP contribution in [0.3, 0.4) is 0 Å². The van der Waals surface area contributed by atoms with Gasteiger partial charge in [-0.25, -0.2) is 4.98 Å². The van der Waals surface area contributed by atoms with E-state index in [0.717, 1.165) is 17.7 Å². The van der Waals surface area contributed by atoms with Crippen LogP contribution in [0.1, 0.15) is 29.9 Å². The third-order valence-electron chi connectivity index (χ3n) is 3.05. The fourth-order valence-corrected chi connectivity index (χ4v) is 2.06.